The summed E-state index contributed by atoms with van der Waals surface area (Å²) in [6, 6.07) is 3.71. The number of carbonyl (C=O) groups excluding carboxylic acids is 2. The molecule has 1 aliphatic heterocycles. The van der Waals surface area contributed by atoms with Crippen LogP contribution >= 0.6 is 0 Å². The van der Waals surface area contributed by atoms with Gasteiger partial charge in [-0.2, -0.15) is 0 Å². The number of anilines is 2. The number of rotatable bonds is 3. The van der Waals surface area contributed by atoms with Gasteiger partial charge in [-0.05, 0) is 39.0 Å². The van der Waals surface area contributed by atoms with E-state index in [-0.39, 0.29) is 24.5 Å². The number of urea groups is 1. The van der Waals surface area contributed by atoms with Crippen LogP contribution in [0.25, 0.3) is 0 Å². The maximum absolute atomic E-state index is 14.4. The van der Waals surface area contributed by atoms with E-state index in [9.17, 15) is 14.0 Å². The molecule has 1 heterocycles. The van der Waals surface area contributed by atoms with Crippen molar-refractivity contribution in [1.29, 1.82) is 0 Å². The van der Waals surface area contributed by atoms with Gasteiger partial charge in [0.15, 0.2) is 0 Å². The number of amides is 3. The van der Waals surface area contributed by atoms with E-state index in [2.05, 4.69) is 20.9 Å². The first-order valence-electron chi connectivity index (χ1n) is 8.08. The summed E-state index contributed by atoms with van der Waals surface area (Å²) >= 11 is 0. The summed E-state index contributed by atoms with van der Waals surface area (Å²) in [7, 11) is 0. The molecule has 3 amide bonds. The molecule has 25 heavy (non-hydrogen) atoms. The summed E-state index contributed by atoms with van der Waals surface area (Å²) in [5.41, 5.74) is 4.87. The predicted molar refractivity (Wildman–Crippen MR) is 90.9 cm³/mol. The Balaban J connectivity index is 1.95. The molecule has 3 N–H and O–H groups in total. The van der Waals surface area contributed by atoms with Crippen molar-refractivity contribution in [3.05, 3.63) is 24.0 Å². The minimum absolute atomic E-state index is 0.0145. The third kappa shape index (κ3) is 5.49. The zero-order valence-electron chi connectivity index (χ0n) is 14.5. The van der Waals surface area contributed by atoms with Gasteiger partial charge in [-0.1, -0.05) is 0 Å². The second-order valence-electron chi connectivity index (χ2n) is 5.75. The van der Waals surface area contributed by atoms with Gasteiger partial charge < -0.3 is 19.7 Å². The second kappa shape index (κ2) is 8.52. The number of nitrogens with one attached hydrogen (secondary N) is 3. The molecule has 1 saturated heterocycles. The van der Waals surface area contributed by atoms with E-state index in [1.807, 2.05) is 18.7 Å². The van der Waals surface area contributed by atoms with Crippen molar-refractivity contribution in [2.45, 2.75) is 33.0 Å². The van der Waals surface area contributed by atoms with Crippen molar-refractivity contribution in [3.8, 4) is 0 Å². The normalized spacial score (nSPS) is 19.9. The second-order valence-corrected chi connectivity index (χ2v) is 5.75. The average molecular weight is 354 g/mol. The fourth-order valence-electron chi connectivity index (χ4n) is 2.65. The van der Waals surface area contributed by atoms with Crippen LogP contribution in [0.5, 0.6) is 0 Å². The molecule has 0 radical (unpaired) electrons. The maximum Gasteiger partial charge on any atom is 0.426 e. The molecule has 2 atom stereocenters. The standard InChI is InChI=1S/C16H23FN4O4/c1-4-24-16(23)20-19-15(22)18-12-5-6-14(13(17)7-12)21-8-10(2)25-11(3)9-21/h5-7,10-11H,4,8-9H2,1-3H3,(H,20,23)(H2,18,19,22)/t10-,11+. The predicted octanol–water partition coefficient (Wildman–Crippen LogP) is 2.22. The Morgan fingerprint density at radius 3 is 2.56 bits per heavy atom. The van der Waals surface area contributed by atoms with E-state index in [1.165, 1.54) is 6.07 Å². The zero-order chi connectivity index (χ0) is 18.4. The number of nitrogens with zero attached hydrogens (tertiary/aromatic N) is 1. The summed E-state index contributed by atoms with van der Waals surface area (Å²) in [5.74, 6) is -0.447. The van der Waals surface area contributed by atoms with E-state index >= 15 is 0 Å². The number of halogens is 1. The maximum atomic E-state index is 14.4. The number of morpholine rings is 1. The summed E-state index contributed by atoms with van der Waals surface area (Å²) in [6.45, 7) is 6.89. The summed E-state index contributed by atoms with van der Waals surface area (Å²) in [4.78, 5) is 24.7. The Morgan fingerprint density at radius 2 is 1.96 bits per heavy atom. The van der Waals surface area contributed by atoms with Crippen LogP contribution in [0.4, 0.5) is 25.4 Å². The number of hydrogen-bond acceptors (Lipinski definition) is 5. The van der Waals surface area contributed by atoms with E-state index in [1.54, 1.807) is 19.1 Å². The van der Waals surface area contributed by atoms with Crippen molar-refractivity contribution in [1.82, 2.24) is 10.9 Å². The van der Waals surface area contributed by atoms with Gasteiger partial charge in [0.05, 0.1) is 24.5 Å². The molecular formula is C16H23FN4O4. The Kier molecular flexibility index (Phi) is 6.40. The Hall–Kier alpha value is -2.55. The molecule has 2 rings (SSSR count). The molecule has 0 bridgehead atoms. The smallest absolute Gasteiger partial charge is 0.426 e. The van der Waals surface area contributed by atoms with Gasteiger partial charge >= 0.3 is 12.1 Å². The number of carbonyl (C=O) groups is 2. The molecule has 1 fully saturated rings. The van der Waals surface area contributed by atoms with E-state index in [0.717, 1.165) is 0 Å². The van der Waals surface area contributed by atoms with Crippen LogP contribution in [-0.2, 0) is 9.47 Å². The quantitative estimate of drug-likeness (QED) is 0.724. The molecule has 1 aromatic rings. The highest BCUT2D eigenvalue weighted by molar-refractivity contribution is 5.90. The molecule has 1 aromatic carbocycles. The number of hydrazine groups is 1. The topological polar surface area (TPSA) is 91.9 Å². The first kappa shape index (κ1) is 18.8. The van der Waals surface area contributed by atoms with Crippen LogP contribution in [-0.4, -0.2) is 44.0 Å². The average Bonchev–Trinajstić information content (AvgIpc) is 2.52. The van der Waals surface area contributed by atoms with E-state index < -0.39 is 17.9 Å². The highest BCUT2D eigenvalue weighted by Crippen LogP contribution is 2.26. The lowest BCUT2D eigenvalue weighted by atomic mass is 10.2. The minimum atomic E-state index is -0.783. The van der Waals surface area contributed by atoms with Crippen molar-refractivity contribution < 1.29 is 23.5 Å². The molecule has 0 unspecified atom stereocenters. The highest BCUT2D eigenvalue weighted by atomic mass is 19.1. The van der Waals surface area contributed by atoms with Crippen LogP contribution in [0.2, 0.25) is 0 Å². The SMILES string of the molecule is CCOC(=O)NNC(=O)Nc1ccc(N2C[C@@H](C)O[C@@H](C)C2)c(F)c1. The molecule has 0 saturated carbocycles. The first-order chi connectivity index (χ1) is 11.9. The number of ether oxygens (including phenoxy) is 2. The molecule has 8 nitrogen and oxygen atoms in total. The van der Waals surface area contributed by atoms with Crippen LogP contribution in [0.15, 0.2) is 18.2 Å². The van der Waals surface area contributed by atoms with Gasteiger partial charge in [0, 0.05) is 18.8 Å². The first-order valence-corrected chi connectivity index (χ1v) is 8.08. The van der Waals surface area contributed by atoms with Crippen molar-refractivity contribution in [3.63, 3.8) is 0 Å². The van der Waals surface area contributed by atoms with Gasteiger partial charge in [0.25, 0.3) is 0 Å². The molecule has 0 spiro atoms. The molecule has 0 aliphatic carbocycles. The van der Waals surface area contributed by atoms with Gasteiger partial charge in [-0.15, -0.1) is 0 Å². The third-order valence-electron chi connectivity index (χ3n) is 3.52. The molecule has 9 heteroatoms. The molecule has 138 valence electrons. The fourth-order valence-corrected chi connectivity index (χ4v) is 2.65. The van der Waals surface area contributed by atoms with Gasteiger partial charge in [0.1, 0.15) is 5.82 Å². The van der Waals surface area contributed by atoms with Gasteiger partial charge in [-0.3, -0.25) is 0 Å². The Labute approximate surface area is 145 Å². The van der Waals surface area contributed by atoms with Crippen LogP contribution < -0.4 is 21.1 Å². The van der Waals surface area contributed by atoms with Crippen molar-refractivity contribution in [2.24, 2.45) is 0 Å². The molecule has 0 aromatic heterocycles. The monoisotopic (exact) mass is 354 g/mol. The highest BCUT2D eigenvalue weighted by Gasteiger charge is 2.24. The van der Waals surface area contributed by atoms with Crippen molar-refractivity contribution in [2.75, 3.05) is 29.9 Å². The Bertz CT molecular complexity index is 618. The fraction of sp³-hybridized carbons (Fsp3) is 0.500. The van der Waals surface area contributed by atoms with E-state index in [0.29, 0.717) is 18.8 Å². The summed E-state index contributed by atoms with van der Waals surface area (Å²) < 4.78 is 24.6. The molecule has 1 aliphatic rings. The van der Waals surface area contributed by atoms with Crippen LogP contribution in [0.3, 0.4) is 0 Å². The summed E-state index contributed by atoms with van der Waals surface area (Å²) in [5, 5.41) is 2.42. The molecular weight excluding hydrogens is 331 g/mol. The number of hydrogen-bond donors (Lipinski definition) is 3. The Morgan fingerprint density at radius 1 is 1.28 bits per heavy atom. The zero-order valence-corrected chi connectivity index (χ0v) is 14.5. The van der Waals surface area contributed by atoms with Crippen LogP contribution in [0, 0.1) is 5.82 Å². The van der Waals surface area contributed by atoms with Crippen LogP contribution in [0.1, 0.15) is 20.8 Å². The lowest BCUT2D eigenvalue weighted by Crippen LogP contribution is -2.46. The third-order valence-corrected chi connectivity index (χ3v) is 3.52. The summed E-state index contributed by atoms with van der Waals surface area (Å²) in [6.07, 6.45) is -0.754. The largest absolute Gasteiger partial charge is 0.449 e. The minimum Gasteiger partial charge on any atom is -0.449 e. The lowest BCUT2D eigenvalue weighted by molar-refractivity contribution is -0.00539. The van der Waals surface area contributed by atoms with Crippen molar-refractivity contribution >= 4 is 23.5 Å². The lowest BCUT2D eigenvalue weighted by Gasteiger charge is -2.37. The number of benzene rings is 1. The van der Waals surface area contributed by atoms with E-state index in [4.69, 9.17) is 4.74 Å². The van der Waals surface area contributed by atoms with Gasteiger partial charge in [0.2, 0.25) is 0 Å². The van der Waals surface area contributed by atoms with Gasteiger partial charge in [-0.25, -0.2) is 24.8 Å².